The molecule has 252 valence electrons. The van der Waals surface area contributed by atoms with Crippen molar-refractivity contribution in [1.82, 2.24) is 0 Å². The van der Waals surface area contributed by atoms with E-state index in [1.807, 2.05) is 84.9 Å². The first-order chi connectivity index (χ1) is 24.0. The average Bonchev–Trinajstić information content (AvgIpc) is 3.65. The van der Waals surface area contributed by atoms with Crippen LogP contribution in [0, 0.1) is 5.92 Å². The molecule has 2 aliphatic rings. The molecule has 0 aromatic heterocycles. The number of hydrogen-bond donors (Lipinski definition) is 2. The molecule has 8 heteroatoms. The molecule has 0 radical (unpaired) electrons. The van der Waals surface area contributed by atoms with Crippen LogP contribution in [0.3, 0.4) is 0 Å². The minimum Gasteiger partial charge on any atom is -0.439 e. The number of fused-ring (bicyclic) bond motifs is 2. The van der Waals surface area contributed by atoms with E-state index in [4.69, 9.17) is 9.47 Å². The number of benzene rings is 4. The van der Waals surface area contributed by atoms with Crippen LogP contribution in [0.2, 0.25) is 0 Å². The van der Waals surface area contributed by atoms with E-state index in [-0.39, 0.29) is 17.7 Å². The Hall–Kier alpha value is -5.50. The minimum absolute atomic E-state index is 0.00331. The third-order valence-electron chi connectivity index (χ3n) is 8.70. The van der Waals surface area contributed by atoms with Gasteiger partial charge in [0.1, 0.15) is 0 Å². The topological polar surface area (TPSA) is 83.1 Å². The summed E-state index contributed by atoms with van der Waals surface area (Å²) < 4.78 is 12.9. The van der Waals surface area contributed by atoms with Crippen LogP contribution >= 0.6 is 0 Å². The van der Waals surface area contributed by atoms with Gasteiger partial charge in [-0.25, -0.2) is 0 Å². The van der Waals surface area contributed by atoms with Gasteiger partial charge in [-0.2, -0.15) is 0 Å². The number of allylic oxidation sites excluding steroid dienone is 2. The molecule has 49 heavy (non-hydrogen) atoms. The highest BCUT2D eigenvalue weighted by molar-refractivity contribution is 6.06. The lowest BCUT2D eigenvalue weighted by molar-refractivity contribution is 0.101. The monoisotopic (exact) mass is 656 g/mol. The number of carbonyl (C=O) groups is 2. The number of para-hydroxylation sites is 2. The summed E-state index contributed by atoms with van der Waals surface area (Å²) >= 11 is 0. The molecule has 0 atom stereocenters. The van der Waals surface area contributed by atoms with Crippen molar-refractivity contribution >= 4 is 34.6 Å². The van der Waals surface area contributed by atoms with E-state index >= 15 is 0 Å². The number of nitrogens with zero attached hydrogens (tertiary/aromatic N) is 2. The van der Waals surface area contributed by atoms with Crippen LogP contribution < -0.4 is 29.9 Å². The molecule has 0 spiro atoms. The Morgan fingerprint density at radius 1 is 0.633 bits per heavy atom. The molecule has 0 fully saturated rings. The molecule has 0 saturated heterocycles. The smallest absolute Gasteiger partial charge is 0.255 e. The van der Waals surface area contributed by atoms with E-state index in [1.54, 1.807) is 12.1 Å². The van der Waals surface area contributed by atoms with E-state index < -0.39 is 0 Å². The molecular formula is C41H44N4O4. The quantitative estimate of drug-likeness (QED) is 0.149. The van der Waals surface area contributed by atoms with E-state index in [1.165, 1.54) is 0 Å². The molecule has 2 N–H and O–H groups in total. The highest BCUT2D eigenvalue weighted by Crippen LogP contribution is 2.43. The fourth-order valence-corrected chi connectivity index (χ4v) is 5.93. The van der Waals surface area contributed by atoms with Gasteiger partial charge in [0, 0.05) is 41.5 Å². The maximum atomic E-state index is 13.1. The Morgan fingerprint density at radius 3 is 1.45 bits per heavy atom. The molecule has 2 heterocycles. The molecule has 0 aliphatic carbocycles. The number of ether oxygens (including phenoxy) is 2. The number of unbranched alkanes of at least 4 members (excludes halogenated alkanes) is 2. The normalized spacial score (nSPS) is 15.4. The third kappa shape index (κ3) is 7.81. The summed E-state index contributed by atoms with van der Waals surface area (Å²) in [5.74, 6) is 2.65. The second kappa shape index (κ2) is 15.6. The zero-order valence-electron chi connectivity index (χ0n) is 28.4. The molecular weight excluding hydrogens is 612 g/mol. The van der Waals surface area contributed by atoms with Crippen LogP contribution in [-0.4, -0.2) is 24.9 Å². The zero-order chi connectivity index (χ0) is 34.2. The van der Waals surface area contributed by atoms with Crippen molar-refractivity contribution in [1.29, 1.82) is 0 Å². The highest BCUT2D eigenvalue weighted by atomic mass is 16.5. The van der Waals surface area contributed by atoms with Crippen LogP contribution in [0.15, 0.2) is 121 Å². The van der Waals surface area contributed by atoms with Crippen LogP contribution in [0.5, 0.6) is 11.5 Å². The fourth-order valence-electron chi connectivity index (χ4n) is 5.93. The third-order valence-corrected chi connectivity index (χ3v) is 8.70. The van der Waals surface area contributed by atoms with E-state index in [2.05, 4.69) is 53.4 Å². The van der Waals surface area contributed by atoms with Gasteiger partial charge in [0.2, 0.25) is 0 Å². The van der Waals surface area contributed by atoms with Gasteiger partial charge in [-0.3, -0.25) is 9.59 Å². The van der Waals surface area contributed by atoms with Crippen molar-refractivity contribution in [3.63, 3.8) is 0 Å². The maximum Gasteiger partial charge on any atom is 0.255 e. The molecule has 4 aromatic carbocycles. The maximum absolute atomic E-state index is 13.1. The summed E-state index contributed by atoms with van der Waals surface area (Å²) in [4.78, 5) is 30.6. The van der Waals surface area contributed by atoms with Crippen molar-refractivity contribution in [2.45, 2.75) is 52.9 Å². The van der Waals surface area contributed by atoms with Gasteiger partial charge in [-0.15, -0.1) is 0 Å². The van der Waals surface area contributed by atoms with Gasteiger partial charge in [0.25, 0.3) is 11.8 Å². The van der Waals surface area contributed by atoms with Gasteiger partial charge in [-0.05, 0) is 92.1 Å². The number of anilines is 4. The SMILES string of the molecule is CCCCN1C(=CC(C=C2Oc3ccc(C(=O)Nc4ccccc4)cc3N2CCCC)CC)Oc2ccc(C(=O)Nc3ccccc3)cc21. The van der Waals surface area contributed by atoms with Crippen LogP contribution in [-0.2, 0) is 0 Å². The van der Waals surface area contributed by atoms with E-state index in [9.17, 15) is 9.59 Å². The fraction of sp³-hybridized carbons (Fsp3) is 0.268. The summed E-state index contributed by atoms with van der Waals surface area (Å²) in [6, 6.07) is 30.1. The molecule has 6 rings (SSSR count). The van der Waals surface area contributed by atoms with Gasteiger partial charge in [0.05, 0.1) is 11.4 Å². The first-order valence-electron chi connectivity index (χ1n) is 17.3. The number of amides is 2. The predicted molar refractivity (Wildman–Crippen MR) is 197 cm³/mol. The number of hydrogen-bond acceptors (Lipinski definition) is 6. The Morgan fingerprint density at radius 2 is 1.06 bits per heavy atom. The Balaban J connectivity index is 1.25. The summed E-state index contributed by atoms with van der Waals surface area (Å²) in [5.41, 5.74) is 4.42. The van der Waals surface area contributed by atoms with Gasteiger partial charge >= 0.3 is 0 Å². The first kappa shape index (κ1) is 33.4. The number of nitrogens with one attached hydrogen (secondary N) is 2. The van der Waals surface area contributed by atoms with Gasteiger partial charge in [-0.1, -0.05) is 70.0 Å². The second-order valence-corrected chi connectivity index (χ2v) is 12.3. The second-order valence-electron chi connectivity index (χ2n) is 12.3. The lowest BCUT2D eigenvalue weighted by Crippen LogP contribution is -2.24. The van der Waals surface area contributed by atoms with Crippen LogP contribution in [0.4, 0.5) is 22.7 Å². The molecule has 4 aromatic rings. The Bertz CT molecular complexity index is 1700. The molecule has 2 amide bonds. The number of carbonyl (C=O) groups excluding carboxylic acids is 2. The van der Waals surface area contributed by atoms with E-state index in [0.717, 1.165) is 91.2 Å². The lowest BCUT2D eigenvalue weighted by atomic mass is 10.1. The summed E-state index contributed by atoms with van der Waals surface area (Å²) in [6.07, 6.45) is 9.12. The lowest BCUT2D eigenvalue weighted by Gasteiger charge is -2.21. The minimum atomic E-state index is -0.163. The highest BCUT2D eigenvalue weighted by Gasteiger charge is 2.30. The molecule has 8 nitrogen and oxygen atoms in total. The van der Waals surface area contributed by atoms with Crippen LogP contribution in [0.1, 0.15) is 73.6 Å². The first-order valence-corrected chi connectivity index (χ1v) is 17.3. The van der Waals surface area contributed by atoms with Gasteiger partial charge in [0.15, 0.2) is 23.3 Å². The summed E-state index contributed by atoms with van der Waals surface area (Å²) in [6.45, 7) is 8.02. The van der Waals surface area contributed by atoms with Crippen LogP contribution in [0.25, 0.3) is 0 Å². The molecule has 0 bridgehead atoms. The van der Waals surface area contributed by atoms with Gasteiger partial charge < -0.3 is 29.9 Å². The summed E-state index contributed by atoms with van der Waals surface area (Å²) in [7, 11) is 0. The molecule has 0 saturated carbocycles. The van der Waals surface area contributed by atoms with Crippen molar-refractivity contribution < 1.29 is 19.1 Å². The van der Waals surface area contributed by atoms with E-state index in [0.29, 0.717) is 11.1 Å². The predicted octanol–water partition coefficient (Wildman–Crippen LogP) is 9.60. The molecule has 0 unspecified atom stereocenters. The Labute approximate surface area is 289 Å². The summed E-state index contributed by atoms with van der Waals surface area (Å²) in [5, 5.41) is 5.97. The van der Waals surface area contributed by atoms with Crippen molar-refractivity contribution in [2.75, 3.05) is 33.5 Å². The van der Waals surface area contributed by atoms with Crippen molar-refractivity contribution in [2.24, 2.45) is 5.92 Å². The standard InChI is InChI=1S/C41H44N4O4/c1-4-7-23-44-34-27-30(40(46)42-32-15-11-9-12-16-32)19-21-36(34)48-38(44)25-29(6-3)26-39-45(24-8-5-2)35-28-31(20-22-37(35)49-39)41(47)43-33-17-13-10-14-18-33/h9-22,25-29H,4-8,23-24H2,1-3H3,(H,42,46)(H,43,47). The molecule has 2 aliphatic heterocycles. The zero-order valence-corrected chi connectivity index (χ0v) is 28.4. The Kier molecular flexibility index (Phi) is 10.6. The van der Waals surface area contributed by atoms with Crippen molar-refractivity contribution in [3.8, 4) is 11.5 Å². The van der Waals surface area contributed by atoms with Crippen molar-refractivity contribution in [3.05, 3.63) is 132 Å². The number of rotatable bonds is 13. The largest absolute Gasteiger partial charge is 0.439 e. The average molecular weight is 657 g/mol.